The molecule has 0 unspecified atom stereocenters. The molecule has 1 aromatic carbocycles. The molecule has 2 aliphatic rings. The van der Waals surface area contributed by atoms with Crippen molar-refractivity contribution in [2.45, 2.75) is 25.2 Å². The summed E-state index contributed by atoms with van der Waals surface area (Å²) in [7, 11) is 1.28. The average molecular weight is 576 g/mol. The number of carbonyl (C=O) groups excluding carboxylic acids is 2. The van der Waals surface area contributed by atoms with Crippen LogP contribution >= 0.6 is 0 Å². The summed E-state index contributed by atoms with van der Waals surface area (Å²) >= 11 is 0. The smallest absolute Gasteiger partial charge is 0.256 e. The highest BCUT2D eigenvalue weighted by molar-refractivity contribution is 7.89. The summed E-state index contributed by atoms with van der Waals surface area (Å²) in [6.45, 7) is 2.18. The van der Waals surface area contributed by atoms with E-state index in [-0.39, 0.29) is 49.4 Å². The lowest BCUT2D eigenvalue weighted by Crippen LogP contribution is -2.49. The van der Waals surface area contributed by atoms with E-state index in [9.17, 15) is 18.0 Å². The molecule has 3 heterocycles. The maximum Gasteiger partial charge on any atom is 0.256 e. The lowest BCUT2D eigenvalue weighted by molar-refractivity contribution is -0.123. The Morgan fingerprint density at radius 1 is 1.12 bits per heavy atom. The number of aromatic nitrogens is 1. The first kappa shape index (κ1) is 29.9. The lowest BCUT2D eigenvalue weighted by Gasteiger charge is -2.25. The van der Waals surface area contributed by atoms with E-state index in [1.807, 2.05) is 24.3 Å². The maximum atomic E-state index is 13.4. The highest BCUT2D eigenvalue weighted by Crippen LogP contribution is 2.24. The molecule has 4 rings (SSSR count). The minimum Gasteiger partial charge on any atom is -0.456 e. The number of rotatable bonds is 8. The number of nitrogens with zero attached hydrogens (tertiary/aromatic N) is 4. The molecule has 1 saturated heterocycles. The number of methoxy groups -OCH3 is 1. The minimum absolute atomic E-state index is 0.0397. The van der Waals surface area contributed by atoms with Crippen LogP contribution in [-0.4, -0.2) is 118 Å². The number of benzene rings is 1. The second-order valence-corrected chi connectivity index (χ2v) is 12.4. The van der Waals surface area contributed by atoms with Crippen molar-refractivity contribution >= 4 is 21.8 Å². The van der Waals surface area contributed by atoms with Crippen molar-refractivity contribution in [2.24, 2.45) is 0 Å². The number of ether oxygens (including phenoxy) is 3. The fraction of sp³-hybridized carbons (Fsp3) is 0.519. The SMILES string of the molecule is COCCN1CC(=O)N[C@H]2CN(CCCS(=O)(=O)N(C)C)C[C@@H]2OCc2cccc(c2)Oc2cncc(c2)C1=O. The summed E-state index contributed by atoms with van der Waals surface area (Å²) in [6, 6.07) is 8.72. The zero-order valence-electron chi connectivity index (χ0n) is 23.1. The summed E-state index contributed by atoms with van der Waals surface area (Å²) in [6.07, 6.45) is 3.10. The van der Waals surface area contributed by atoms with E-state index in [1.54, 1.807) is 6.07 Å². The Hall–Kier alpha value is -3.10. The van der Waals surface area contributed by atoms with Gasteiger partial charge in [-0.15, -0.1) is 0 Å². The predicted molar refractivity (Wildman–Crippen MR) is 148 cm³/mol. The van der Waals surface area contributed by atoms with Crippen LogP contribution in [0.25, 0.3) is 0 Å². The van der Waals surface area contributed by atoms with Crippen LogP contribution in [0.2, 0.25) is 0 Å². The Morgan fingerprint density at radius 2 is 1.95 bits per heavy atom. The molecule has 12 nitrogen and oxygen atoms in total. The van der Waals surface area contributed by atoms with Gasteiger partial charge in [0.05, 0.1) is 49.4 Å². The number of likely N-dealkylation sites (tertiary alicyclic amines) is 1. The first-order valence-corrected chi connectivity index (χ1v) is 14.8. The summed E-state index contributed by atoms with van der Waals surface area (Å²) in [4.78, 5) is 34.2. The van der Waals surface area contributed by atoms with Gasteiger partial charge in [0.2, 0.25) is 15.9 Å². The van der Waals surface area contributed by atoms with E-state index in [1.165, 1.54) is 42.8 Å². The molecule has 1 fully saturated rings. The molecular weight excluding hydrogens is 538 g/mol. The van der Waals surface area contributed by atoms with E-state index in [0.29, 0.717) is 49.7 Å². The van der Waals surface area contributed by atoms with Gasteiger partial charge in [-0.2, -0.15) is 0 Å². The number of sulfonamides is 1. The Balaban J connectivity index is 1.55. The fourth-order valence-electron chi connectivity index (χ4n) is 4.69. The first-order chi connectivity index (χ1) is 19.1. The Kier molecular flexibility index (Phi) is 10.1. The van der Waals surface area contributed by atoms with Crippen molar-refractivity contribution in [3.05, 3.63) is 53.9 Å². The predicted octanol–water partition coefficient (Wildman–Crippen LogP) is 0.943. The molecule has 0 saturated carbocycles. The second-order valence-electron chi connectivity index (χ2n) is 10.1. The fourth-order valence-corrected chi connectivity index (χ4v) is 5.55. The van der Waals surface area contributed by atoms with Crippen LogP contribution in [0.5, 0.6) is 11.5 Å². The van der Waals surface area contributed by atoms with Gasteiger partial charge in [-0.05, 0) is 36.7 Å². The van der Waals surface area contributed by atoms with Crippen molar-refractivity contribution in [1.82, 2.24) is 24.4 Å². The van der Waals surface area contributed by atoms with Crippen LogP contribution in [0.1, 0.15) is 22.3 Å². The molecule has 2 aliphatic heterocycles. The highest BCUT2D eigenvalue weighted by Gasteiger charge is 2.35. The molecule has 1 N–H and O–H groups in total. The van der Waals surface area contributed by atoms with Gasteiger partial charge < -0.3 is 24.4 Å². The molecule has 218 valence electrons. The molecule has 0 aliphatic carbocycles. The third-order valence-electron chi connectivity index (χ3n) is 6.87. The van der Waals surface area contributed by atoms with Crippen molar-refractivity contribution in [3.63, 3.8) is 0 Å². The average Bonchev–Trinajstić information content (AvgIpc) is 3.30. The zero-order valence-corrected chi connectivity index (χ0v) is 23.9. The quantitative estimate of drug-likeness (QED) is 0.489. The lowest BCUT2D eigenvalue weighted by atomic mass is 10.2. The van der Waals surface area contributed by atoms with E-state index < -0.39 is 10.0 Å². The standard InChI is InChI=1S/C27H37N5O7S/c1-30(2)40(35,36)11-5-8-31-16-24-25(17-31)38-19-20-6-4-7-22(12-20)39-23-13-21(14-28-15-23)27(34)32(9-10-37-3)18-26(33)29-24/h4,6-7,12-15,24-25H,5,8-11,16-19H2,1-3H3,(H,29,33)/t24-,25-/m0/s1. The molecular formula is C27H37N5O7S. The summed E-state index contributed by atoms with van der Waals surface area (Å²) in [5.74, 6) is 0.326. The van der Waals surface area contributed by atoms with Gasteiger partial charge in [-0.1, -0.05) is 12.1 Å². The van der Waals surface area contributed by atoms with Gasteiger partial charge in [-0.25, -0.2) is 12.7 Å². The van der Waals surface area contributed by atoms with Gasteiger partial charge in [0.1, 0.15) is 11.5 Å². The number of hydrogen-bond donors (Lipinski definition) is 1. The first-order valence-electron chi connectivity index (χ1n) is 13.2. The van der Waals surface area contributed by atoms with Crippen LogP contribution in [-0.2, 0) is 30.9 Å². The van der Waals surface area contributed by atoms with Gasteiger partial charge >= 0.3 is 0 Å². The van der Waals surface area contributed by atoms with Crippen molar-refractivity contribution in [3.8, 4) is 11.5 Å². The van der Waals surface area contributed by atoms with Gasteiger partial charge in [-0.3, -0.25) is 19.5 Å². The van der Waals surface area contributed by atoms with E-state index >= 15 is 0 Å². The molecule has 2 amide bonds. The van der Waals surface area contributed by atoms with Gasteiger partial charge in [0, 0.05) is 47.0 Å². The number of fused-ring (bicyclic) bond motifs is 5. The zero-order chi connectivity index (χ0) is 28.7. The molecule has 40 heavy (non-hydrogen) atoms. The van der Waals surface area contributed by atoms with E-state index in [2.05, 4.69) is 15.2 Å². The summed E-state index contributed by atoms with van der Waals surface area (Å²) in [5, 5.41) is 3.05. The van der Waals surface area contributed by atoms with Crippen LogP contribution in [0.15, 0.2) is 42.7 Å². The highest BCUT2D eigenvalue weighted by atomic mass is 32.2. The van der Waals surface area contributed by atoms with Gasteiger partial charge in [0.15, 0.2) is 0 Å². The number of carbonyl (C=O) groups is 2. The third kappa shape index (κ3) is 7.98. The van der Waals surface area contributed by atoms with Gasteiger partial charge in [0.25, 0.3) is 5.91 Å². The van der Waals surface area contributed by atoms with Crippen LogP contribution in [0.3, 0.4) is 0 Å². The molecule has 13 heteroatoms. The number of pyridine rings is 1. The van der Waals surface area contributed by atoms with Crippen molar-refractivity contribution in [2.75, 3.05) is 66.3 Å². The Labute approximate surface area is 235 Å². The molecule has 2 atom stereocenters. The molecule has 0 radical (unpaired) electrons. The van der Waals surface area contributed by atoms with Crippen LogP contribution < -0.4 is 10.1 Å². The normalized spacial score (nSPS) is 20.8. The molecule has 1 aromatic heterocycles. The van der Waals surface area contributed by atoms with E-state index in [0.717, 1.165) is 5.56 Å². The maximum absolute atomic E-state index is 13.4. The Morgan fingerprint density at radius 3 is 2.73 bits per heavy atom. The number of amides is 2. The third-order valence-corrected chi connectivity index (χ3v) is 8.78. The largest absolute Gasteiger partial charge is 0.456 e. The molecule has 4 bridgehead atoms. The minimum atomic E-state index is -3.29. The monoisotopic (exact) mass is 575 g/mol. The topological polar surface area (TPSA) is 131 Å². The van der Waals surface area contributed by atoms with Crippen molar-refractivity contribution in [1.29, 1.82) is 0 Å². The summed E-state index contributed by atoms with van der Waals surface area (Å²) < 4.78 is 43.0. The molecule has 2 aromatic rings. The Bertz CT molecular complexity index is 1290. The number of hydrogen-bond acceptors (Lipinski definition) is 9. The van der Waals surface area contributed by atoms with Crippen LogP contribution in [0.4, 0.5) is 0 Å². The van der Waals surface area contributed by atoms with Crippen LogP contribution in [0, 0.1) is 0 Å². The summed E-state index contributed by atoms with van der Waals surface area (Å²) in [5.41, 5.74) is 1.18. The van der Waals surface area contributed by atoms with E-state index in [4.69, 9.17) is 14.2 Å². The molecule has 0 spiro atoms. The van der Waals surface area contributed by atoms with Crippen molar-refractivity contribution < 1.29 is 32.2 Å². The second kappa shape index (κ2) is 13.5. The number of nitrogens with one attached hydrogen (secondary N) is 1.